The van der Waals surface area contributed by atoms with Gasteiger partial charge in [0.05, 0.1) is 17.8 Å². The zero-order valence-corrected chi connectivity index (χ0v) is 14.4. The molecule has 22 heavy (non-hydrogen) atoms. The van der Waals surface area contributed by atoms with Gasteiger partial charge in [0.2, 0.25) is 5.88 Å². The van der Waals surface area contributed by atoms with Crippen molar-refractivity contribution in [3.8, 4) is 5.88 Å². The third-order valence-electron chi connectivity index (χ3n) is 3.10. The van der Waals surface area contributed by atoms with Crippen LogP contribution in [0, 0.1) is 6.92 Å². The molecule has 0 aliphatic rings. The molecule has 5 nitrogen and oxygen atoms in total. The standard InChI is InChI=1S/C16H21N3O2S/c1-10-13(22-15(19-10)16(2,3)4)14(20)18-9-11-6-7-12(21-5)17-8-11/h6-8H,9H2,1-5H3,(H,18,20). The van der Waals surface area contributed by atoms with E-state index in [1.165, 1.54) is 11.3 Å². The van der Waals surface area contributed by atoms with Crippen molar-refractivity contribution in [2.24, 2.45) is 0 Å². The molecule has 0 aliphatic carbocycles. The molecule has 0 saturated heterocycles. The molecule has 1 amide bonds. The average Bonchev–Trinajstić information content (AvgIpc) is 2.87. The van der Waals surface area contributed by atoms with Gasteiger partial charge in [0.25, 0.3) is 5.91 Å². The fourth-order valence-corrected chi connectivity index (χ4v) is 2.87. The number of ether oxygens (including phenoxy) is 1. The first-order valence-electron chi connectivity index (χ1n) is 7.06. The molecule has 1 N–H and O–H groups in total. The van der Waals surface area contributed by atoms with Gasteiger partial charge in [0, 0.05) is 24.2 Å². The number of rotatable bonds is 4. The number of nitrogens with one attached hydrogen (secondary N) is 1. The molecule has 6 heteroatoms. The van der Waals surface area contributed by atoms with Gasteiger partial charge in [-0.1, -0.05) is 26.8 Å². The topological polar surface area (TPSA) is 64.1 Å². The number of pyridine rings is 1. The summed E-state index contributed by atoms with van der Waals surface area (Å²) in [4.78, 5) is 21.6. The van der Waals surface area contributed by atoms with Gasteiger partial charge in [-0.25, -0.2) is 9.97 Å². The molecule has 0 unspecified atom stereocenters. The van der Waals surface area contributed by atoms with Gasteiger partial charge in [-0.3, -0.25) is 4.79 Å². The lowest BCUT2D eigenvalue weighted by molar-refractivity contribution is 0.0954. The first-order chi connectivity index (χ1) is 10.3. The van der Waals surface area contributed by atoms with E-state index >= 15 is 0 Å². The second-order valence-corrected chi connectivity index (χ2v) is 7.07. The Kier molecular flexibility index (Phi) is 4.81. The summed E-state index contributed by atoms with van der Waals surface area (Å²) in [6.45, 7) is 8.58. The molecule has 0 aromatic carbocycles. The van der Waals surface area contributed by atoms with Crippen LogP contribution >= 0.6 is 11.3 Å². The number of nitrogens with zero attached hydrogens (tertiary/aromatic N) is 2. The van der Waals surface area contributed by atoms with Crippen molar-refractivity contribution in [3.05, 3.63) is 39.5 Å². The molecule has 0 bridgehead atoms. The number of methoxy groups -OCH3 is 1. The fraction of sp³-hybridized carbons (Fsp3) is 0.438. The van der Waals surface area contributed by atoms with Crippen LogP contribution in [0.4, 0.5) is 0 Å². The number of aryl methyl sites for hydroxylation is 1. The molecule has 2 heterocycles. The quantitative estimate of drug-likeness (QED) is 0.940. The summed E-state index contributed by atoms with van der Waals surface area (Å²) < 4.78 is 5.01. The molecule has 0 aliphatic heterocycles. The molecule has 2 aromatic heterocycles. The van der Waals surface area contributed by atoms with Crippen LogP contribution in [0.25, 0.3) is 0 Å². The Bertz CT molecular complexity index is 657. The van der Waals surface area contributed by atoms with Crippen molar-refractivity contribution in [2.75, 3.05) is 7.11 Å². The summed E-state index contributed by atoms with van der Waals surface area (Å²) in [5, 5.41) is 3.88. The van der Waals surface area contributed by atoms with Gasteiger partial charge in [-0.2, -0.15) is 0 Å². The Labute approximate surface area is 134 Å². The summed E-state index contributed by atoms with van der Waals surface area (Å²) in [7, 11) is 1.57. The van der Waals surface area contributed by atoms with Crippen molar-refractivity contribution < 1.29 is 9.53 Å². The predicted octanol–water partition coefficient (Wildman–Crippen LogP) is 3.08. The van der Waals surface area contributed by atoms with Gasteiger partial charge in [-0.15, -0.1) is 11.3 Å². The Morgan fingerprint density at radius 3 is 2.59 bits per heavy atom. The van der Waals surface area contributed by atoms with Crippen molar-refractivity contribution >= 4 is 17.2 Å². The summed E-state index contributed by atoms with van der Waals surface area (Å²) in [5.41, 5.74) is 1.65. The second kappa shape index (κ2) is 6.44. The first kappa shape index (κ1) is 16.4. The van der Waals surface area contributed by atoms with Gasteiger partial charge < -0.3 is 10.1 Å². The van der Waals surface area contributed by atoms with Crippen LogP contribution in [0.1, 0.15) is 46.7 Å². The molecule has 2 aromatic rings. The molecule has 2 rings (SSSR count). The number of hydrogen-bond donors (Lipinski definition) is 1. The number of hydrogen-bond acceptors (Lipinski definition) is 5. The Morgan fingerprint density at radius 2 is 2.09 bits per heavy atom. The van der Waals surface area contributed by atoms with E-state index in [9.17, 15) is 4.79 Å². The highest BCUT2D eigenvalue weighted by atomic mass is 32.1. The van der Waals surface area contributed by atoms with Crippen LogP contribution < -0.4 is 10.1 Å². The highest BCUT2D eigenvalue weighted by molar-refractivity contribution is 7.14. The number of amides is 1. The molecule has 0 spiro atoms. The lowest BCUT2D eigenvalue weighted by Gasteiger charge is -2.13. The van der Waals surface area contributed by atoms with Crippen LogP contribution in [0.15, 0.2) is 18.3 Å². The van der Waals surface area contributed by atoms with E-state index in [0.717, 1.165) is 16.3 Å². The van der Waals surface area contributed by atoms with E-state index in [0.29, 0.717) is 17.3 Å². The van der Waals surface area contributed by atoms with Gasteiger partial charge >= 0.3 is 0 Å². The van der Waals surface area contributed by atoms with Crippen LogP contribution in [0.3, 0.4) is 0 Å². The highest BCUT2D eigenvalue weighted by Crippen LogP contribution is 2.29. The molecule has 0 radical (unpaired) electrons. The minimum absolute atomic E-state index is 0.0478. The van der Waals surface area contributed by atoms with Crippen molar-refractivity contribution in [1.82, 2.24) is 15.3 Å². The van der Waals surface area contributed by atoms with Crippen LogP contribution in [0.5, 0.6) is 5.88 Å². The van der Waals surface area contributed by atoms with E-state index in [1.54, 1.807) is 19.4 Å². The SMILES string of the molecule is COc1ccc(CNC(=O)c2sc(C(C)(C)C)nc2C)cn1. The zero-order chi connectivity index (χ0) is 16.3. The summed E-state index contributed by atoms with van der Waals surface area (Å²) in [6, 6.07) is 3.66. The fourth-order valence-electron chi connectivity index (χ4n) is 1.83. The van der Waals surface area contributed by atoms with Crippen LogP contribution in [-0.2, 0) is 12.0 Å². The smallest absolute Gasteiger partial charge is 0.263 e. The highest BCUT2D eigenvalue weighted by Gasteiger charge is 2.22. The number of carbonyl (C=O) groups excluding carboxylic acids is 1. The van der Waals surface area contributed by atoms with Gasteiger partial charge in [0.15, 0.2) is 0 Å². The Hall–Kier alpha value is -1.95. The van der Waals surface area contributed by atoms with Crippen molar-refractivity contribution in [2.45, 2.75) is 39.7 Å². The van der Waals surface area contributed by atoms with Crippen molar-refractivity contribution in [3.63, 3.8) is 0 Å². The molecular formula is C16H21N3O2S. The van der Waals surface area contributed by atoms with E-state index in [-0.39, 0.29) is 11.3 Å². The monoisotopic (exact) mass is 319 g/mol. The Morgan fingerprint density at radius 1 is 1.36 bits per heavy atom. The lowest BCUT2D eigenvalue weighted by atomic mass is 9.98. The maximum absolute atomic E-state index is 12.3. The van der Waals surface area contributed by atoms with E-state index < -0.39 is 0 Å². The normalized spacial score (nSPS) is 11.3. The maximum Gasteiger partial charge on any atom is 0.263 e. The lowest BCUT2D eigenvalue weighted by Crippen LogP contribution is -2.22. The number of aromatic nitrogens is 2. The van der Waals surface area contributed by atoms with E-state index in [4.69, 9.17) is 4.74 Å². The van der Waals surface area contributed by atoms with Gasteiger partial charge in [-0.05, 0) is 12.5 Å². The predicted molar refractivity (Wildman–Crippen MR) is 87.5 cm³/mol. The summed E-state index contributed by atoms with van der Waals surface area (Å²) in [5.74, 6) is 0.463. The molecule has 0 fully saturated rings. The summed E-state index contributed by atoms with van der Waals surface area (Å²) in [6.07, 6.45) is 1.69. The van der Waals surface area contributed by atoms with Gasteiger partial charge in [0.1, 0.15) is 4.88 Å². The zero-order valence-electron chi connectivity index (χ0n) is 13.6. The maximum atomic E-state index is 12.3. The minimum Gasteiger partial charge on any atom is -0.481 e. The van der Waals surface area contributed by atoms with E-state index in [1.807, 2.05) is 13.0 Å². The molecule has 0 atom stereocenters. The number of carbonyl (C=O) groups is 1. The minimum atomic E-state index is -0.0960. The molecule has 0 saturated carbocycles. The van der Waals surface area contributed by atoms with E-state index in [2.05, 4.69) is 36.1 Å². The largest absolute Gasteiger partial charge is 0.481 e. The second-order valence-electron chi connectivity index (χ2n) is 6.08. The third-order valence-corrected chi connectivity index (χ3v) is 4.69. The Balaban J connectivity index is 2.04. The third kappa shape index (κ3) is 3.82. The van der Waals surface area contributed by atoms with Crippen LogP contribution in [0.2, 0.25) is 0 Å². The number of thiazole rings is 1. The summed E-state index contributed by atoms with van der Waals surface area (Å²) >= 11 is 1.46. The molecule has 118 valence electrons. The van der Waals surface area contributed by atoms with Crippen molar-refractivity contribution in [1.29, 1.82) is 0 Å². The average molecular weight is 319 g/mol. The molecular weight excluding hydrogens is 298 g/mol. The first-order valence-corrected chi connectivity index (χ1v) is 7.88. The van der Waals surface area contributed by atoms with Crippen LogP contribution in [-0.4, -0.2) is 23.0 Å².